The van der Waals surface area contributed by atoms with E-state index in [1.807, 2.05) is 57.3 Å². The number of aromatic nitrogens is 6. The lowest BCUT2D eigenvalue weighted by Crippen LogP contribution is -2.38. The van der Waals surface area contributed by atoms with Crippen LogP contribution in [0.3, 0.4) is 0 Å². The SMILES string of the molecule is CC(C)c1cnn2c(N(Cc3cccc(N)c3)C(=O)OC(C)(C)C)cc(NC3CCOCC3)nc12.CC(C)c1cnn2c(N(Cc3cccc([N+](=O)[O-])c3)C(=O)OC(C)(C)C)cc(NC3CCOCC3)nc12. The number of fused-ring (bicyclic) bond motifs is 2. The summed E-state index contributed by atoms with van der Waals surface area (Å²) in [7, 11) is 0. The molecule has 0 bridgehead atoms. The number of nitrogens with two attached hydrogens (primary N) is 1. The van der Waals surface area contributed by atoms with Crippen molar-refractivity contribution in [1.29, 1.82) is 0 Å². The fraction of sp³-hybridized carbons (Fsp3) is 0.500. The number of non-ortho nitro benzene ring substituents is 1. The highest BCUT2D eigenvalue weighted by atomic mass is 16.6. The smallest absolute Gasteiger partial charge is 0.416 e. The van der Waals surface area contributed by atoms with Gasteiger partial charge in [0.25, 0.3) is 5.69 Å². The molecule has 2 aliphatic heterocycles. The third-order valence-electron chi connectivity index (χ3n) is 11.9. The highest BCUT2D eigenvalue weighted by Gasteiger charge is 2.31. The number of hydrogen-bond acceptors (Lipinski definition) is 15. The molecule has 20 nitrogen and oxygen atoms in total. The molecule has 2 saturated heterocycles. The number of hydrogen-bond donors (Lipinski definition) is 3. The molecular formula is C52H70N12O8. The number of nitrogens with one attached hydrogen (secondary N) is 2. The summed E-state index contributed by atoms with van der Waals surface area (Å²) in [5.41, 5.74) is 9.97. The lowest BCUT2D eigenvalue weighted by atomic mass is 10.1. The minimum Gasteiger partial charge on any atom is -0.443 e. The Morgan fingerprint density at radius 1 is 0.708 bits per heavy atom. The number of carbonyl (C=O) groups is 2. The van der Waals surface area contributed by atoms with E-state index in [1.165, 1.54) is 17.0 Å². The van der Waals surface area contributed by atoms with Gasteiger partial charge in [-0.15, -0.1) is 0 Å². The lowest BCUT2D eigenvalue weighted by molar-refractivity contribution is -0.384. The molecular weight excluding hydrogens is 921 g/mol. The number of rotatable bonds is 13. The van der Waals surface area contributed by atoms with Gasteiger partial charge < -0.3 is 35.3 Å². The van der Waals surface area contributed by atoms with Crippen LogP contribution in [-0.4, -0.2) is 96.0 Å². The molecule has 4 N–H and O–H groups in total. The van der Waals surface area contributed by atoms with Crippen molar-refractivity contribution in [2.45, 2.75) is 143 Å². The summed E-state index contributed by atoms with van der Waals surface area (Å²) >= 11 is 0. The van der Waals surface area contributed by atoms with Gasteiger partial charge in [0.1, 0.15) is 34.5 Å². The molecule has 2 fully saturated rings. The van der Waals surface area contributed by atoms with Crippen LogP contribution in [0.5, 0.6) is 0 Å². The highest BCUT2D eigenvalue weighted by molar-refractivity contribution is 5.89. The Kier molecular flexibility index (Phi) is 16.5. The number of nitro groups is 1. The van der Waals surface area contributed by atoms with Crippen molar-refractivity contribution in [2.24, 2.45) is 0 Å². The molecule has 2 aromatic carbocycles. The zero-order valence-electron chi connectivity index (χ0n) is 43.2. The second-order valence-electron chi connectivity index (χ2n) is 20.8. The number of anilines is 5. The van der Waals surface area contributed by atoms with Crippen LogP contribution in [0.1, 0.15) is 129 Å². The zero-order chi connectivity index (χ0) is 51.9. The van der Waals surface area contributed by atoms with Crippen molar-refractivity contribution < 1.29 is 33.5 Å². The van der Waals surface area contributed by atoms with Gasteiger partial charge in [-0.2, -0.15) is 19.2 Å². The van der Waals surface area contributed by atoms with Gasteiger partial charge in [0.2, 0.25) is 0 Å². The Morgan fingerprint density at radius 2 is 1.12 bits per heavy atom. The van der Waals surface area contributed by atoms with Crippen LogP contribution in [0.15, 0.2) is 73.1 Å². The van der Waals surface area contributed by atoms with Crippen LogP contribution in [-0.2, 0) is 32.0 Å². The van der Waals surface area contributed by atoms with Crippen molar-refractivity contribution >= 4 is 58.1 Å². The predicted octanol–water partition coefficient (Wildman–Crippen LogP) is 10.3. The summed E-state index contributed by atoms with van der Waals surface area (Å²) < 4.78 is 25.9. The molecule has 8 rings (SSSR count). The summed E-state index contributed by atoms with van der Waals surface area (Å²) in [5.74, 6) is 2.71. The minimum absolute atomic E-state index is 0.0449. The van der Waals surface area contributed by atoms with E-state index in [0.717, 1.165) is 55.6 Å². The van der Waals surface area contributed by atoms with Gasteiger partial charge in [0, 0.05) is 79.6 Å². The molecule has 0 unspecified atom stereocenters. The van der Waals surface area contributed by atoms with Crippen molar-refractivity contribution in [3.63, 3.8) is 0 Å². The average Bonchev–Trinajstić information content (AvgIpc) is 3.95. The minimum atomic E-state index is -0.749. The van der Waals surface area contributed by atoms with Gasteiger partial charge in [0.05, 0.1) is 30.4 Å². The van der Waals surface area contributed by atoms with Crippen LogP contribution < -0.4 is 26.2 Å². The van der Waals surface area contributed by atoms with Crippen molar-refractivity contribution in [3.05, 3.63) is 105 Å². The fourth-order valence-electron chi connectivity index (χ4n) is 8.31. The molecule has 6 heterocycles. The Bertz CT molecular complexity index is 2840. The number of nitrogen functional groups attached to an aromatic ring is 1. The number of benzene rings is 2. The summed E-state index contributed by atoms with van der Waals surface area (Å²) in [6.07, 6.45) is 6.02. The third-order valence-corrected chi connectivity index (χ3v) is 11.9. The van der Waals surface area contributed by atoms with Gasteiger partial charge >= 0.3 is 12.2 Å². The molecule has 20 heteroatoms. The molecule has 0 saturated carbocycles. The molecule has 4 aromatic heterocycles. The van der Waals surface area contributed by atoms with E-state index < -0.39 is 28.3 Å². The normalized spacial score (nSPS) is 14.8. The van der Waals surface area contributed by atoms with E-state index in [9.17, 15) is 19.7 Å². The van der Waals surface area contributed by atoms with Crippen molar-refractivity contribution in [1.82, 2.24) is 29.2 Å². The van der Waals surface area contributed by atoms with Crippen LogP contribution in [0.25, 0.3) is 11.3 Å². The van der Waals surface area contributed by atoms with E-state index in [0.29, 0.717) is 59.0 Å². The number of amides is 2. The maximum Gasteiger partial charge on any atom is 0.416 e. The monoisotopic (exact) mass is 991 g/mol. The molecule has 386 valence electrons. The molecule has 2 aliphatic rings. The summed E-state index contributed by atoms with van der Waals surface area (Å²) in [6.45, 7) is 22.4. The molecule has 0 radical (unpaired) electrons. The lowest BCUT2D eigenvalue weighted by Gasteiger charge is -2.29. The fourth-order valence-corrected chi connectivity index (χ4v) is 8.31. The molecule has 0 spiro atoms. The Hall–Kier alpha value is -7.06. The Morgan fingerprint density at radius 3 is 1.51 bits per heavy atom. The molecule has 6 aromatic rings. The Labute approximate surface area is 420 Å². The van der Waals surface area contributed by atoms with Gasteiger partial charge in [0.15, 0.2) is 11.3 Å². The Balaban J connectivity index is 0.000000212. The first kappa shape index (κ1) is 52.8. The van der Waals surface area contributed by atoms with E-state index >= 15 is 0 Å². The first-order chi connectivity index (χ1) is 34.1. The van der Waals surface area contributed by atoms with E-state index in [-0.39, 0.29) is 42.7 Å². The quantitative estimate of drug-likeness (QED) is 0.0555. The van der Waals surface area contributed by atoms with E-state index in [4.69, 9.17) is 34.6 Å². The zero-order valence-corrected chi connectivity index (χ0v) is 43.2. The second-order valence-corrected chi connectivity index (χ2v) is 20.8. The predicted molar refractivity (Wildman–Crippen MR) is 278 cm³/mol. The summed E-state index contributed by atoms with van der Waals surface area (Å²) in [6, 6.07) is 17.8. The van der Waals surface area contributed by atoms with Gasteiger partial charge in [-0.1, -0.05) is 52.0 Å². The maximum absolute atomic E-state index is 13.5. The molecule has 0 aliphatic carbocycles. The topological polar surface area (TPSA) is 231 Å². The number of ether oxygens (including phenoxy) is 4. The standard InChI is InChI=1S/C26H34N6O5.C26H36N6O3/c1-17(2)21-15-27-31-23(14-22(29-24(21)31)28-19-9-11-36-12-10-19)30(25(33)37-26(3,4)5)16-18-7-6-8-20(13-18)32(34)35;1-17(2)21-15-28-32-23(14-22(30-24(21)32)29-20-9-11-34-12-10-20)31(25(33)35-26(3,4)5)16-18-7-6-8-19(27)13-18/h6-8,13-15,17,19H,9-12,16H2,1-5H3,(H,28,29);6-8,13-15,17,20H,9-12,16,27H2,1-5H3,(H,29,30). The van der Waals surface area contributed by atoms with Crippen LogP contribution in [0.4, 0.5) is 44.2 Å². The van der Waals surface area contributed by atoms with E-state index in [1.54, 1.807) is 59.1 Å². The third kappa shape index (κ3) is 13.7. The van der Waals surface area contributed by atoms with Crippen molar-refractivity contribution in [3.8, 4) is 0 Å². The van der Waals surface area contributed by atoms with Gasteiger partial charge in [-0.3, -0.25) is 19.9 Å². The maximum atomic E-state index is 13.5. The molecule has 72 heavy (non-hydrogen) atoms. The van der Waals surface area contributed by atoms with Gasteiger partial charge in [-0.05, 0) is 102 Å². The number of nitro benzene ring substituents is 1. The van der Waals surface area contributed by atoms with Crippen LogP contribution in [0, 0.1) is 10.1 Å². The summed E-state index contributed by atoms with van der Waals surface area (Å²) in [4.78, 5) is 50.8. The van der Waals surface area contributed by atoms with Crippen LogP contribution in [0.2, 0.25) is 0 Å². The highest BCUT2D eigenvalue weighted by Crippen LogP contribution is 2.32. The first-order valence-electron chi connectivity index (χ1n) is 24.7. The largest absolute Gasteiger partial charge is 0.443 e. The first-order valence-corrected chi connectivity index (χ1v) is 24.7. The second kappa shape index (κ2) is 22.6. The average molecular weight is 991 g/mol. The molecule has 2 amide bonds. The van der Waals surface area contributed by atoms with Gasteiger partial charge in [-0.25, -0.2) is 19.6 Å². The number of carbonyl (C=O) groups excluding carboxylic acids is 2. The van der Waals surface area contributed by atoms with E-state index in [2.05, 4.69) is 48.5 Å². The summed E-state index contributed by atoms with van der Waals surface area (Å²) in [5, 5.41) is 27.6. The van der Waals surface area contributed by atoms with Crippen molar-refractivity contribution in [2.75, 3.05) is 52.6 Å². The number of nitrogens with zero attached hydrogens (tertiary/aromatic N) is 9. The van der Waals surface area contributed by atoms with Crippen LogP contribution >= 0.6 is 0 Å². The molecule has 0 atom stereocenters.